The van der Waals surface area contributed by atoms with Crippen LogP contribution in [0.3, 0.4) is 0 Å². The Balaban J connectivity index is 1.59. The largest absolute Gasteiger partial charge is 0.497 e. The molecule has 0 fully saturated rings. The van der Waals surface area contributed by atoms with Gasteiger partial charge < -0.3 is 10.1 Å². The van der Waals surface area contributed by atoms with Gasteiger partial charge in [0.15, 0.2) is 0 Å². The molecular weight excluding hydrogens is 472 g/mol. The van der Waals surface area contributed by atoms with Gasteiger partial charge >= 0.3 is 0 Å². The molecule has 0 spiro atoms. The summed E-state index contributed by atoms with van der Waals surface area (Å²) >= 11 is 3.53. The van der Waals surface area contributed by atoms with E-state index in [4.69, 9.17) is 4.74 Å². The summed E-state index contributed by atoms with van der Waals surface area (Å²) in [5.74, 6) is 1.44. The number of hydrogen-bond donors (Lipinski definition) is 1. The van der Waals surface area contributed by atoms with Crippen LogP contribution in [0.15, 0.2) is 59.2 Å². The van der Waals surface area contributed by atoms with Gasteiger partial charge in [-0.25, -0.2) is 4.98 Å². The van der Waals surface area contributed by atoms with E-state index in [0.717, 1.165) is 32.6 Å². The van der Waals surface area contributed by atoms with E-state index < -0.39 is 0 Å². The van der Waals surface area contributed by atoms with Crippen LogP contribution in [0.4, 0.5) is 5.82 Å². The number of amides is 1. The molecule has 0 saturated heterocycles. The highest BCUT2D eigenvalue weighted by atomic mass is 79.9. The number of aromatic nitrogens is 5. The zero-order valence-corrected chi connectivity index (χ0v) is 19.0. The summed E-state index contributed by atoms with van der Waals surface area (Å²) in [5, 5.41) is 15.9. The van der Waals surface area contributed by atoms with Crippen molar-refractivity contribution in [2.45, 2.75) is 19.3 Å². The molecule has 1 atom stereocenters. The predicted molar refractivity (Wildman–Crippen MR) is 123 cm³/mol. The number of benzene rings is 2. The molecule has 0 radical (unpaired) electrons. The van der Waals surface area contributed by atoms with Gasteiger partial charge in [0.2, 0.25) is 5.91 Å². The highest BCUT2D eigenvalue weighted by Crippen LogP contribution is 2.40. The van der Waals surface area contributed by atoms with Crippen molar-refractivity contribution in [2.75, 3.05) is 12.4 Å². The minimum absolute atomic E-state index is 0.0807. The summed E-state index contributed by atoms with van der Waals surface area (Å²) in [7, 11) is 1.62. The number of carbonyl (C=O) groups excluding carboxylic acids is 1. The number of aryl methyl sites for hydroxylation is 1. The molecule has 32 heavy (non-hydrogen) atoms. The zero-order chi connectivity index (χ0) is 22.2. The molecule has 1 amide bonds. The van der Waals surface area contributed by atoms with Gasteiger partial charge in [-0.15, -0.1) is 5.10 Å². The Hall–Kier alpha value is -3.59. The Morgan fingerprint density at radius 2 is 2.00 bits per heavy atom. The fourth-order valence-corrected chi connectivity index (χ4v) is 4.40. The Morgan fingerprint density at radius 3 is 2.75 bits per heavy atom. The normalized spacial score (nSPS) is 15.2. The maximum Gasteiger partial charge on any atom is 0.272 e. The van der Waals surface area contributed by atoms with E-state index in [1.54, 1.807) is 18.0 Å². The second-order valence-corrected chi connectivity index (χ2v) is 8.41. The number of anilines is 1. The van der Waals surface area contributed by atoms with Crippen molar-refractivity contribution in [1.29, 1.82) is 0 Å². The number of nitrogens with one attached hydrogen (secondary N) is 1. The van der Waals surface area contributed by atoms with Crippen LogP contribution in [-0.2, 0) is 4.79 Å². The number of halogens is 1. The van der Waals surface area contributed by atoms with Crippen LogP contribution >= 0.6 is 15.9 Å². The van der Waals surface area contributed by atoms with E-state index in [1.165, 1.54) is 0 Å². The lowest BCUT2D eigenvalue weighted by atomic mass is 9.86. The van der Waals surface area contributed by atoms with Crippen LogP contribution in [-0.4, -0.2) is 38.0 Å². The maximum atomic E-state index is 12.6. The molecule has 2 aromatic heterocycles. The Morgan fingerprint density at radius 1 is 1.19 bits per heavy atom. The number of rotatable bonds is 4. The smallest absolute Gasteiger partial charge is 0.272 e. The van der Waals surface area contributed by atoms with Crippen molar-refractivity contribution >= 4 is 27.7 Å². The number of carbonyl (C=O) groups is 1. The van der Waals surface area contributed by atoms with Crippen LogP contribution in [0.25, 0.3) is 17.2 Å². The third-order valence-corrected chi connectivity index (χ3v) is 5.97. The fraction of sp³-hybridized carbons (Fsp3) is 0.174. The Kier molecular flexibility index (Phi) is 5.18. The van der Waals surface area contributed by atoms with Gasteiger partial charge in [-0.2, -0.15) is 14.9 Å². The third kappa shape index (κ3) is 3.64. The summed E-state index contributed by atoms with van der Waals surface area (Å²) in [6.07, 6.45) is 1.94. The molecule has 0 saturated carbocycles. The van der Waals surface area contributed by atoms with Gasteiger partial charge in [-0.05, 0) is 48.9 Å². The highest BCUT2D eigenvalue weighted by Gasteiger charge is 2.33. The molecule has 1 aliphatic heterocycles. The molecule has 9 heteroatoms. The lowest BCUT2D eigenvalue weighted by molar-refractivity contribution is -0.116. The molecule has 1 unspecified atom stereocenters. The number of nitrogens with zero attached hydrogens (tertiary/aromatic N) is 5. The van der Waals surface area contributed by atoms with E-state index >= 15 is 0 Å². The monoisotopic (exact) mass is 490 g/mol. The molecule has 1 N–H and O–H groups in total. The molecule has 3 heterocycles. The minimum atomic E-state index is -0.109. The van der Waals surface area contributed by atoms with Gasteiger partial charge in [0, 0.05) is 27.9 Å². The fourth-order valence-electron chi connectivity index (χ4n) is 3.98. The summed E-state index contributed by atoms with van der Waals surface area (Å²) in [6.45, 7) is 1.93. The first-order chi connectivity index (χ1) is 15.5. The zero-order valence-electron chi connectivity index (χ0n) is 17.4. The number of ether oxygens (including phenoxy) is 1. The van der Waals surface area contributed by atoms with E-state index in [1.807, 2.05) is 55.5 Å². The summed E-state index contributed by atoms with van der Waals surface area (Å²) in [6, 6.07) is 15.5. The van der Waals surface area contributed by atoms with E-state index in [2.05, 4.69) is 41.5 Å². The summed E-state index contributed by atoms with van der Waals surface area (Å²) < 4.78 is 7.75. The molecule has 8 nitrogen and oxygen atoms in total. The predicted octanol–water partition coefficient (Wildman–Crippen LogP) is 4.28. The van der Waals surface area contributed by atoms with Crippen LogP contribution < -0.4 is 10.1 Å². The van der Waals surface area contributed by atoms with E-state index in [0.29, 0.717) is 17.9 Å². The Bertz CT molecular complexity index is 1320. The van der Waals surface area contributed by atoms with Crippen molar-refractivity contribution in [3.8, 4) is 23.0 Å². The standard InChI is InChI=1S/C23H19BrN6O2/c1-13-21-18(15-4-3-5-16(24)10-15)11-20(31)27-22(21)30(29-13)23-26-19(12-25-28-23)14-6-8-17(32-2)9-7-14/h3-10,12,18H,11H2,1-2H3,(H,27,31). The third-order valence-electron chi connectivity index (χ3n) is 5.48. The average Bonchev–Trinajstić information content (AvgIpc) is 3.15. The summed E-state index contributed by atoms with van der Waals surface area (Å²) in [5.41, 5.74) is 4.33. The van der Waals surface area contributed by atoms with Crippen molar-refractivity contribution in [2.24, 2.45) is 0 Å². The first-order valence-corrected chi connectivity index (χ1v) is 10.8. The van der Waals surface area contributed by atoms with Gasteiger partial charge in [0.25, 0.3) is 5.95 Å². The lowest BCUT2D eigenvalue weighted by Gasteiger charge is -2.24. The molecular formula is C23H19BrN6O2. The Labute approximate surface area is 192 Å². The molecule has 0 bridgehead atoms. The van der Waals surface area contributed by atoms with Crippen LogP contribution in [0.5, 0.6) is 5.75 Å². The van der Waals surface area contributed by atoms with Gasteiger partial charge in [0.1, 0.15) is 11.6 Å². The number of fused-ring (bicyclic) bond motifs is 1. The first kappa shape index (κ1) is 20.3. The SMILES string of the molecule is COc1ccc(-c2cnnc(-n3nc(C)c4c3NC(=O)CC4c3cccc(Br)c3)n2)cc1. The highest BCUT2D eigenvalue weighted by molar-refractivity contribution is 9.10. The van der Waals surface area contributed by atoms with Crippen LogP contribution in [0.2, 0.25) is 0 Å². The van der Waals surface area contributed by atoms with Gasteiger partial charge in [0.05, 0.1) is 24.7 Å². The number of hydrogen-bond acceptors (Lipinski definition) is 6. The van der Waals surface area contributed by atoms with Crippen LogP contribution in [0.1, 0.15) is 29.2 Å². The minimum Gasteiger partial charge on any atom is -0.497 e. The average molecular weight is 491 g/mol. The second kappa shape index (κ2) is 8.16. The van der Waals surface area contributed by atoms with E-state index in [-0.39, 0.29) is 17.8 Å². The van der Waals surface area contributed by atoms with Crippen molar-refractivity contribution < 1.29 is 9.53 Å². The topological polar surface area (TPSA) is 94.8 Å². The molecule has 160 valence electrons. The summed E-state index contributed by atoms with van der Waals surface area (Å²) in [4.78, 5) is 17.3. The quantitative estimate of drug-likeness (QED) is 0.458. The van der Waals surface area contributed by atoms with Gasteiger partial charge in [-0.1, -0.05) is 28.1 Å². The maximum absolute atomic E-state index is 12.6. The van der Waals surface area contributed by atoms with E-state index in [9.17, 15) is 4.79 Å². The molecule has 5 rings (SSSR count). The lowest BCUT2D eigenvalue weighted by Crippen LogP contribution is -2.25. The second-order valence-electron chi connectivity index (χ2n) is 7.49. The molecule has 2 aromatic carbocycles. The molecule has 4 aromatic rings. The van der Waals surface area contributed by atoms with Crippen molar-refractivity contribution in [1.82, 2.24) is 25.0 Å². The van der Waals surface area contributed by atoms with Crippen LogP contribution in [0, 0.1) is 6.92 Å². The van der Waals surface area contributed by atoms with Crippen molar-refractivity contribution in [3.63, 3.8) is 0 Å². The van der Waals surface area contributed by atoms with Gasteiger partial charge in [-0.3, -0.25) is 4.79 Å². The van der Waals surface area contributed by atoms with Crippen molar-refractivity contribution in [3.05, 3.63) is 76.0 Å². The molecule has 0 aliphatic carbocycles. The molecule has 1 aliphatic rings. The first-order valence-electron chi connectivity index (χ1n) is 10.0. The number of methoxy groups -OCH3 is 1.